The van der Waals surface area contributed by atoms with Crippen molar-refractivity contribution in [2.24, 2.45) is 11.8 Å². The maximum absolute atomic E-state index is 15.0. The van der Waals surface area contributed by atoms with Gasteiger partial charge in [-0.25, -0.2) is 18.2 Å². The van der Waals surface area contributed by atoms with Gasteiger partial charge >= 0.3 is 12.3 Å². The van der Waals surface area contributed by atoms with E-state index in [9.17, 15) is 27.6 Å². The fourth-order valence-corrected chi connectivity index (χ4v) is 11.3. The lowest BCUT2D eigenvalue weighted by atomic mass is 9.87. The minimum atomic E-state index is -4.94. The van der Waals surface area contributed by atoms with Crippen LogP contribution in [0.3, 0.4) is 0 Å². The molecule has 5 unspecified atom stereocenters. The molecule has 2 saturated heterocycles. The molecule has 1 aromatic heterocycles. The topological polar surface area (TPSA) is 192 Å². The average Bonchev–Trinajstić information content (AvgIpc) is 4.21. The molecule has 9 rings (SSSR count). The SMILES string of the molecule is CC(C)C1(OC(=O)NC2CCCCCC=CC3CC3(C(=O)NS(=O)(=O)C3(C)CC3)NC(=O)C3CC4(CCc5c(c(C(F)(F)F)nc6ccc(OC7CCOCC7)cc56)O4)CN3C2=O)CC1. The molecule has 4 amide bonds. The highest BCUT2D eigenvalue weighted by molar-refractivity contribution is 7.91. The van der Waals surface area contributed by atoms with Crippen LogP contribution in [0.5, 0.6) is 11.5 Å². The number of ether oxygens (including phenoxy) is 4. The summed E-state index contributed by atoms with van der Waals surface area (Å²) in [5, 5.41) is 6.02. The number of nitrogens with zero attached hydrogens (tertiary/aromatic N) is 2. The summed E-state index contributed by atoms with van der Waals surface area (Å²) in [6, 6.07) is 2.19. The molecule has 0 radical (unpaired) electrons. The molecule has 4 aliphatic heterocycles. The van der Waals surface area contributed by atoms with Crippen LogP contribution < -0.4 is 24.8 Å². The molecule has 1 spiro atoms. The van der Waals surface area contributed by atoms with Crippen LogP contribution in [-0.4, -0.2) is 102 Å². The number of carbonyl (C=O) groups is 4. The van der Waals surface area contributed by atoms with E-state index in [1.54, 1.807) is 25.1 Å². The Bertz CT molecular complexity index is 2400. The van der Waals surface area contributed by atoms with E-state index in [-0.39, 0.29) is 61.8 Å². The quantitative estimate of drug-likeness (QED) is 0.257. The Balaban J connectivity index is 1.06. The fourth-order valence-electron chi connectivity index (χ4n) is 10.0. The first-order chi connectivity index (χ1) is 30.8. The van der Waals surface area contributed by atoms with Crippen LogP contribution in [0.4, 0.5) is 18.0 Å². The van der Waals surface area contributed by atoms with E-state index in [0.717, 1.165) is 0 Å². The molecular weight excluding hydrogens is 872 g/mol. The number of amides is 4. The second-order valence-electron chi connectivity index (χ2n) is 19.9. The smallest absolute Gasteiger partial charge is 0.437 e. The van der Waals surface area contributed by atoms with Gasteiger partial charge in [-0.3, -0.25) is 19.1 Å². The molecule has 65 heavy (non-hydrogen) atoms. The third-order valence-corrected chi connectivity index (χ3v) is 17.1. The Morgan fingerprint density at radius 3 is 2.46 bits per heavy atom. The number of pyridine rings is 1. The minimum absolute atomic E-state index is 0.0278. The van der Waals surface area contributed by atoms with Crippen molar-refractivity contribution in [3.8, 4) is 11.5 Å². The summed E-state index contributed by atoms with van der Waals surface area (Å²) in [6.07, 6.45) is 3.91. The lowest BCUT2D eigenvalue weighted by Gasteiger charge is -2.37. The van der Waals surface area contributed by atoms with E-state index in [1.807, 2.05) is 19.9 Å². The van der Waals surface area contributed by atoms with Gasteiger partial charge < -0.3 is 34.5 Å². The summed E-state index contributed by atoms with van der Waals surface area (Å²) < 4.78 is 96.8. The standard InChI is InChI=1S/C46H58F3N5O10S/c1-27(2)44(19-20-44)64-41(58)51-34-10-8-6-4-5-7-9-28-24-45(28,40(57)53-65(59,60)42(3)17-18-42)52-38(55)35-25-43(26-54(35)39(34)56)16-13-31-32-23-30(62-29-14-21-61-22-15-29)11-12-33(32)50-37(36(31)63-43)46(47,48)49/h7,9,11-12,23,27-29,34-35H,4-6,8,10,13-22,24-26H2,1-3H3,(H,51,58)(H,52,55)(H,53,57). The summed E-state index contributed by atoms with van der Waals surface area (Å²) in [4.78, 5) is 62.7. The van der Waals surface area contributed by atoms with Crippen molar-refractivity contribution in [2.45, 2.75) is 163 Å². The van der Waals surface area contributed by atoms with Gasteiger partial charge in [0.2, 0.25) is 21.8 Å². The number of allylic oxidation sites excluding steroid dienone is 1. The number of hydrogen-bond acceptors (Lipinski definition) is 11. The van der Waals surface area contributed by atoms with Crippen molar-refractivity contribution in [3.05, 3.63) is 41.6 Å². The number of nitrogens with one attached hydrogen (secondary N) is 3. The van der Waals surface area contributed by atoms with Gasteiger partial charge in [-0.15, -0.1) is 0 Å². The predicted octanol–water partition coefficient (Wildman–Crippen LogP) is 6.15. The molecule has 354 valence electrons. The zero-order valence-corrected chi connectivity index (χ0v) is 37.8. The summed E-state index contributed by atoms with van der Waals surface area (Å²) >= 11 is 0. The summed E-state index contributed by atoms with van der Waals surface area (Å²) in [5.74, 6) is -2.94. The number of alkyl carbamates (subject to hydrolysis) is 1. The Morgan fingerprint density at radius 2 is 1.77 bits per heavy atom. The van der Waals surface area contributed by atoms with Gasteiger partial charge in [0.25, 0.3) is 5.91 Å². The maximum Gasteiger partial charge on any atom is 0.437 e. The highest BCUT2D eigenvalue weighted by Gasteiger charge is 2.64. The number of carbonyl (C=O) groups excluding carboxylic acids is 4. The van der Waals surface area contributed by atoms with Gasteiger partial charge in [0.05, 0.1) is 30.0 Å². The Morgan fingerprint density at radius 1 is 1.02 bits per heavy atom. The van der Waals surface area contributed by atoms with E-state index in [1.165, 1.54) is 11.0 Å². The second kappa shape index (κ2) is 16.6. The van der Waals surface area contributed by atoms with Crippen LogP contribution in [-0.2, 0) is 46.5 Å². The number of aromatic nitrogens is 1. The Kier molecular flexibility index (Phi) is 11.6. The van der Waals surface area contributed by atoms with E-state index in [0.29, 0.717) is 88.6 Å². The van der Waals surface area contributed by atoms with Crippen LogP contribution in [0.25, 0.3) is 10.9 Å². The molecule has 5 atom stereocenters. The zero-order chi connectivity index (χ0) is 46.2. The number of fused-ring (bicyclic) bond motifs is 5. The van der Waals surface area contributed by atoms with Crippen molar-refractivity contribution in [1.82, 2.24) is 25.2 Å². The highest BCUT2D eigenvalue weighted by atomic mass is 32.2. The third-order valence-electron chi connectivity index (χ3n) is 14.9. The van der Waals surface area contributed by atoms with Crippen LogP contribution >= 0.6 is 0 Å². The lowest BCUT2D eigenvalue weighted by molar-refractivity contribution is -0.144. The number of rotatable bonds is 8. The van der Waals surface area contributed by atoms with Gasteiger partial charge in [0, 0.05) is 36.1 Å². The first kappa shape index (κ1) is 45.5. The van der Waals surface area contributed by atoms with Crippen LogP contribution in [0.15, 0.2) is 30.4 Å². The zero-order valence-electron chi connectivity index (χ0n) is 37.0. The second-order valence-corrected chi connectivity index (χ2v) is 22.1. The van der Waals surface area contributed by atoms with Crippen molar-refractivity contribution in [1.29, 1.82) is 0 Å². The van der Waals surface area contributed by atoms with E-state index < -0.39 is 90.9 Å². The van der Waals surface area contributed by atoms with Crippen LogP contribution in [0.1, 0.15) is 122 Å². The number of hydrogen-bond donors (Lipinski definition) is 3. The predicted molar refractivity (Wildman–Crippen MR) is 229 cm³/mol. The molecular formula is C46H58F3N5O10S. The Labute approximate surface area is 376 Å². The maximum atomic E-state index is 15.0. The van der Waals surface area contributed by atoms with E-state index in [4.69, 9.17) is 18.9 Å². The normalized spacial score (nSPS) is 29.9. The largest absolute Gasteiger partial charge is 0.490 e. The fraction of sp³-hybridized carbons (Fsp3) is 0.674. The van der Waals surface area contributed by atoms with Crippen molar-refractivity contribution in [3.63, 3.8) is 0 Å². The summed E-state index contributed by atoms with van der Waals surface area (Å²) in [6.45, 7) is 6.17. The number of sulfonamides is 1. The molecule has 2 aromatic rings. The molecule has 5 heterocycles. The minimum Gasteiger partial charge on any atom is -0.490 e. The number of alkyl halides is 3. The molecule has 3 N–H and O–H groups in total. The lowest BCUT2D eigenvalue weighted by Crippen LogP contribution is -2.58. The van der Waals surface area contributed by atoms with Gasteiger partial charge in [0.1, 0.15) is 40.7 Å². The molecule has 15 nitrogen and oxygen atoms in total. The molecule has 3 aliphatic carbocycles. The molecule has 19 heteroatoms. The Hall–Kier alpha value is -4.65. The number of benzene rings is 1. The highest BCUT2D eigenvalue weighted by Crippen LogP contribution is 2.51. The van der Waals surface area contributed by atoms with Gasteiger partial charge in [0.15, 0.2) is 11.4 Å². The van der Waals surface area contributed by atoms with Gasteiger partial charge in [-0.05, 0) is 95.2 Å². The first-order valence-corrected chi connectivity index (χ1v) is 24.6. The van der Waals surface area contributed by atoms with Crippen molar-refractivity contribution in [2.75, 3.05) is 19.8 Å². The van der Waals surface area contributed by atoms with Crippen molar-refractivity contribution >= 4 is 44.7 Å². The molecule has 0 bridgehead atoms. The molecule has 7 aliphatic rings. The van der Waals surface area contributed by atoms with Gasteiger partial charge in [-0.1, -0.05) is 38.8 Å². The van der Waals surface area contributed by atoms with E-state index >= 15 is 13.2 Å². The summed E-state index contributed by atoms with van der Waals surface area (Å²) in [5.41, 5.74) is -4.75. The molecule has 3 saturated carbocycles. The van der Waals surface area contributed by atoms with Gasteiger partial charge in [-0.2, -0.15) is 13.2 Å². The monoisotopic (exact) mass is 929 g/mol. The van der Waals surface area contributed by atoms with Crippen molar-refractivity contribution < 1.29 is 59.7 Å². The number of halogens is 3. The average molecular weight is 930 g/mol. The molecule has 5 fully saturated rings. The number of aryl methyl sites for hydroxylation is 1. The van der Waals surface area contributed by atoms with Crippen LogP contribution in [0, 0.1) is 11.8 Å². The molecule has 1 aromatic carbocycles. The summed E-state index contributed by atoms with van der Waals surface area (Å²) in [7, 11) is -4.10. The first-order valence-electron chi connectivity index (χ1n) is 23.1. The van der Waals surface area contributed by atoms with Crippen LogP contribution in [0.2, 0.25) is 0 Å². The van der Waals surface area contributed by atoms with E-state index in [2.05, 4.69) is 20.3 Å². The third kappa shape index (κ3) is 8.87.